The average molecular weight is 350 g/mol. The molecule has 130 valence electrons. The van der Waals surface area contributed by atoms with Gasteiger partial charge in [0.25, 0.3) is 0 Å². The van der Waals surface area contributed by atoms with Gasteiger partial charge in [0, 0.05) is 31.1 Å². The van der Waals surface area contributed by atoms with E-state index in [1.807, 2.05) is 13.1 Å². The van der Waals surface area contributed by atoms with Crippen molar-refractivity contribution in [3.05, 3.63) is 39.2 Å². The maximum absolute atomic E-state index is 11.6. The fraction of sp³-hybridized carbons (Fsp3) is 0.438. The number of aryl methyl sites for hydroxylation is 2. The first kappa shape index (κ1) is 18.0. The third-order valence-electron chi connectivity index (χ3n) is 3.33. The summed E-state index contributed by atoms with van der Waals surface area (Å²) in [6.45, 7) is 4.94. The number of carbonyl (C=O) groups is 1. The third-order valence-corrected chi connectivity index (χ3v) is 4.30. The van der Waals surface area contributed by atoms with E-state index >= 15 is 0 Å². The van der Waals surface area contributed by atoms with Gasteiger partial charge in [-0.05, 0) is 19.9 Å². The molecule has 2 heterocycles. The molecule has 0 aromatic carbocycles. The predicted octanol–water partition coefficient (Wildman–Crippen LogP) is 2.05. The molecule has 7 nitrogen and oxygen atoms in total. The quantitative estimate of drug-likeness (QED) is 0.471. The van der Waals surface area contributed by atoms with E-state index in [0.717, 1.165) is 18.0 Å². The summed E-state index contributed by atoms with van der Waals surface area (Å²) in [5.41, 5.74) is 0.441. The number of hydrogen-bond donors (Lipinski definition) is 2. The number of aromatic nitrogens is 1. The molecule has 0 spiro atoms. The van der Waals surface area contributed by atoms with Gasteiger partial charge in [0.2, 0.25) is 0 Å². The third kappa shape index (κ3) is 4.82. The van der Waals surface area contributed by atoms with E-state index in [1.165, 1.54) is 12.0 Å². The Labute approximate surface area is 145 Å². The van der Waals surface area contributed by atoms with Crippen LogP contribution in [-0.4, -0.2) is 37.6 Å². The molecule has 0 aliphatic carbocycles. The highest BCUT2D eigenvalue weighted by Gasteiger charge is 2.15. The van der Waals surface area contributed by atoms with Crippen LogP contribution in [0.4, 0.5) is 0 Å². The van der Waals surface area contributed by atoms with Gasteiger partial charge in [0.15, 0.2) is 5.96 Å². The highest BCUT2D eigenvalue weighted by molar-refractivity contribution is 7.11. The Morgan fingerprint density at radius 1 is 1.42 bits per heavy atom. The first-order valence-electron chi connectivity index (χ1n) is 7.57. The number of methoxy groups -OCH3 is 1. The van der Waals surface area contributed by atoms with Gasteiger partial charge in [0.05, 0.1) is 18.7 Å². The zero-order chi connectivity index (χ0) is 17.5. The number of guanidine groups is 1. The monoisotopic (exact) mass is 350 g/mol. The molecule has 2 aromatic heterocycles. The second kappa shape index (κ2) is 8.49. The number of furan rings is 1. The molecule has 0 aliphatic rings. The smallest absolute Gasteiger partial charge is 0.341 e. The van der Waals surface area contributed by atoms with Crippen LogP contribution >= 0.6 is 11.3 Å². The predicted molar refractivity (Wildman–Crippen MR) is 93.5 cm³/mol. The lowest BCUT2D eigenvalue weighted by Gasteiger charge is -2.10. The lowest BCUT2D eigenvalue weighted by atomic mass is 10.2. The summed E-state index contributed by atoms with van der Waals surface area (Å²) in [7, 11) is 3.05. The first-order valence-corrected chi connectivity index (χ1v) is 8.38. The summed E-state index contributed by atoms with van der Waals surface area (Å²) in [5, 5.41) is 7.47. The number of thiazole rings is 1. The van der Waals surface area contributed by atoms with Gasteiger partial charge in [0.1, 0.15) is 17.1 Å². The van der Waals surface area contributed by atoms with E-state index in [2.05, 4.69) is 20.6 Å². The van der Waals surface area contributed by atoms with Gasteiger partial charge in [-0.15, -0.1) is 11.3 Å². The fourth-order valence-electron chi connectivity index (χ4n) is 2.14. The number of nitrogens with one attached hydrogen (secondary N) is 2. The lowest BCUT2D eigenvalue weighted by molar-refractivity contribution is 0.0599. The molecular weight excluding hydrogens is 328 g/mol. The highest BCUT2D eigenvalue weighted by atomic mass is 32.1. The summed E-state index contributed by atoms with van der Waals surface area (Å²) in [5.74, 6) is 1.45. The van der Waals surface area contributed by atoms with E-state index < -0.39 is 5.97 Å². The molecule has 8 heteroatoms. The van der Waals surface area contributed by atoms with Crippen LogP contribution in [0.25, 0.3) is 0 Å². The Hall–Kier alpha value is -2.35. The molecule has 0 amide bonds. The molecule has 2 rings (SSSR count). The first-order chi connectivity index (χ1) is 11.5. The van der Waals surface area contributed by atoms with Crippen molar-refractivity contribution in [2.75, 3.05) is 20.7 Å². The van der Waals surface area contributed by atoms with Crippen molar-refractivity contribution in [1.29, 1.82) is 0 Å². The zero-order valence-corrected chi connectivity index (χ0v) is 15.1. The second-order valence-electron chi connectivity index (χ2n) is 5.14. The number of rotatable bonds is 6. The molecular formula is C16H22N4O3S. The van der Waals surface area contributed by atoms with Crippen molar-refractivity contribution in [3.63, 3.8) is 0 Å². The van der Waals surface area contributed by atoms with Gasteiger partial charge in [-0.25, -0.2) is 9.78 Å². The largest absolute Gasteiger partial charge is 0.465 e. The minimum absolute atomic E-state index is 0.399. The van der Waals surface area contributed by atoms with E-state index in [0.29, 0.717) is 29.6 Å². The second-order valence-corrected chi connectivity index (χ2v) is 6.46. The molecule has 0 radical (unpaired) electrons. The van der Waals surface area contributed by atoms with Crippen molar-refractivity contribution in [1.82, 2.24) is 15.6 Å². The molecule has 0 saturated heterocycles. The number of ether oxygens (including phenoxy) is 1. The van der Waals surface area contributed by atoms with Gasteiger partial charge in [-0.1, -0.05) is 0 Å². The molecule has 0 saturated carbocycles. The van der Waals surface area contributed by atoms with Gasteiger partial charge < -0.3 is 19.8 Å². The Morgan fingerprint density at radius 3 is 2.83 bits per heavy atom. The Kier molecular flexibility index (Phi) is 6.36. The summed E-state index contributed by atoms with van der Waals surface area (Å²) in [4.78, 5) is 21.3. The number of aliphatic imine (C=N–C) groups is 1. The number of carbonyl (C=O) groups excluding carboxylic acids is 1. The maximum Gasteiger partial charge on any atom is 0.341 e. The minimum Gasteiger partial charge on any atom is -0.465 e. The summed E-state index contributed by atoms with van der Waals surface area (Å²) in [6.07, 6.45) is 2.72. The summed E-state index contributed by atoms with van der Waals surface area (Å²) >= 11 is 1.70. The summed E-state index contributed by atoms with van der Waals surface area (Å²) in [6, 6.07) is 1.68. The van der Waals surface area contributed by atoms with Crippen LogP contribution in [-0.2, 0) is 17.7 Å². The molecule has 0 atom stereocenters. The van der Waals surface area contributed by atoms with E-state index in [4.69, 9.17) is 9.15 Å². The molecule has 0 unspecified atom stereocenters. The van der Waals surface area contributed by atoms with Crippen molar-refractivity contribution >= 4 is 23.3 Å². The van der Waals surface area contributed by atoms with Crippen LogP contribution < -0.4 is 10.6 Å². The van der Waals surface area contributed by atoms with E-state index in [9.17, 15) is 4.79 Å². The Bertz CT molecular complexity index is 721. The van der Waals surface area contributed by atoms with Gasteiger partial charge in [-0.2, -0.15) is 0 Å². The van der Waals surface area contributed by atoms with Crippen molar-refractivity contribution in [3.8, 4) is 0 Å². The van der Waals surface area contributed by atoms with Gasteiger partial charge in [-0.3, -0.25) is 4.99 Å². The number of hydrogen-bond acceptors (Lipinski definition) is 6. The van der Waals surface area contributed by atoms with Crippen LogP contribution in [0.2, 0.25) is 0 Å². The van der Waals surface area contributed by atoms with Gasteiger partial charge >= 0.3 is 5.97 Å². The lowest BCUT2D eigenvalue weighted by Crippen LogP contribution is -2.37. The van der Waals surface area contributed by atoms with Crippen molar-refractivity contribution < 1.29 is 13.9 Å². The number of esters is 1. The normalized spacial score (nSPS) is 11.4. The van der Waals surface area contributed by atoms with Crippen LogP contribution in [0, 0.1) is 13.8 Å². The standard InChI is InChI=1S/C16H22N4O3S/c1-10-8-19-14(24-10)5-6-18-16(17-3)20-9-12-7-13(11(2)23-12)15(21)22-4/h7-8H,5-6,9H2,1-4H3,(H2,17,18,20). The Morgan fingerprint density at radius 2 is 2.21 bits per heavy atom. The highest BCUT2D eigenvalue weighted by Crippen LogP contribution is 2.15. The topological polar surface area (TPSA) is 88.8 Å². The maximum atomic E-state index is 11.6. The average Bonchev–Trinajstić information content (AvgIpc) is 3.15. The van der Waals surface area contributed by atoms with Crippen LogP contribution in [0.5, 0.6) is 0 Å². The molecule has 2 N–H and O–H groups in total. The molecule has 0 aliphatic heterocycles. The zero-order valence-electron chi connectivity index (χ0n) is 14.3. The van der Waals surface area contributed by atoms with E-state index in [1.54, 1.807) is 31.4 Å². The molecule has 24 heavy (non-hydrogen) atoms. The van der Waals surface area contributed by atoms with E-state index in [-0.39, 0.29) is 0 Å². The van der Waals surface area contributed by atoms with Crippen LogP contribution in [0.3, 0.4) is 0 Å². The van der Waals surface area contributed by atoms with Crippen molar-refractivity contribution in [2.24, 2.45) is 4.99 Å². The summed E-state index contributed by atoms with van der Waals surface area (Å²) < 4.78 is 10.3. The molecule has 0 bridgehead atoms. The number of nitrogens with zero attached hydrogens (tertiary/aromatic N) is 2. The SMILES string of the molecule is CN=C(NCCc1ncc(C)s1)NCc1cc(C(=O)OC)c(C)o1. The minimum atomic E-state index is -0.399. The molecule has 2 aromatic rings. The van der Waals surface area contributed by atoms with Crippen molar-refractivity contribution in [2.45, 2.75) is 26.8 Å². The fourth-order valence-corrected chi connectivity index (χ4v) is 2.93. The van der Waals surface area contributed by atoms with Crippen LogP contribution in [0.15, 0.2) is 21.7 Å². The molecule has 0 fully saturated rings. The Balaban J connectivity index is 1.82. The van der Waals surface area contributed by atoms with Crippen LogP contribution in [0.1, 0.15) is 31.8 Å².